The van der Waals surface area contributed by atoms with E-state index in [1.165, 1.54) is 6.07 Å². The maximum atomic E-state index is 14.3. The molecule has 1 aromatic carbocycles. The van der Waals surface area contributed by atoms with Crippen LogP contribution in [0.5, 0.6) is 0 Å². The zero-order valence-electron chi connectivity index (χ0n) is 11.7. The Hall–Kier alpha value is -1.99. The number of pyridine rings is 1. The lowest BCUT2D eigenvalue weighted by Gasteiger charge is -2.05. The maximum Gasteiger partial charge on any atom is 0.160 e. The Balaban J connectivity index is 1.78. The quantitative estimate of drug-likeness (QED) is 0.534. The van der Waals surface area contributed by atoms with Crippen molar-refractivity contribution in [3.63, 3.8) is 0 Å². The molecule has 0 saturated carbocycles. The molecule has 3 aromatic heterocycles. The van der Waals surface area contributed by atoms with Crippen LogP contribution in [0.2, 0.25) is 0 Å². The van der Waals surface area contributed by atoms with Crippen LogP contribution in [0.25, 0.3) is 21.4 Å². The molecule has 0 radical (unpaired) electrons. The van der Waals surface area contributed by atoms with Gasteiger partial charge in [0.05, 0.1) is 23.1 Å². The van der Waals surface area contributed by atoms with E-state index in [0.29, 0.717) is 17.6 Å². The molecule has 0 amide bonds. The van der Waals surface area contributed by atoms with Crippen molar-refractivity contribution >= 4 is 44.5 Å². The van der Waals surface area contributed by atoms with Crippen LogP contribution in [-0.4, -0.2) is 25.8 Å². The van der Waals surface area contributed by atoms with Gasteiger partial charge in [-0.15, -0.1) is 11.3 Å². The third kappa shape index (κ3) is 2.26. The van der Waals surface area contributed by atoms with Crippen LogP contribution >= 0.6 is 23.1 Å². The Morgan fingerprint density at radius 1 is 1.27 bits per heavy atom. The fourth-order valence-corrected chi connectivity index (χ4v) is 3.91. The average Bonchev–Trinajstić information content (AvgIpc) is 3.11. The Morgan fingerprint density at radius 2 is 2.18 bits per heavy atom. The summed E-state index contributed by atoms with van der Waals surface area (Å²) in [6.07, 6.45) is 5.38. The first-order chi connectivity index (χ1) is 10.7. The normalized spacial score (nSPS) is 11.5. The van der Waals surface area contributed by atoms with Gasteiger partial charge in [0.2, 0.25) is 0 Å². The number of hydrogen-bond acceptors (Lipinski definition) is 5. The number of nitrogens with zero attached hydrogens (tertiary/aromatic N) is 4. The van der Waals surface area contributed by atoms with Crippen molar-refractivity contribution in [1.82, 2.24) is 19.5 Å². The van der Waals surface area contributed by atoms with Crippen LogP contribution in [0.3, 0.4) is 0 Å². The molecule has 0 spiro atoms. The van der Waals surface area contributed by atoms with Gasteiger partial charge in [0, 0.05) is 17.8 Å². The molecule has 0 aliphatic carbocycles. The Kier molecular flexibility index (Phi) is 3.31. The smallest absolute Gasteiger partial charge is 0.160 e. The number of benzene rings is 1. The van der Waals surface area contributed by atoms with Crippen LogP contribution < -0.4 is 0 Å². The second-order valence-electron chi connectivity index (χ2n) is 4.81. The minimum atomic E-state index is -0.247. The van der Waals surface area contributed by atoms with E-state index in [-0.39, 0.29) is 5.82 Å². The van der Waals surface area contributed by atoms with Gasteiger partial charge in [-0.2, -0.15) is 0 Å². The Bertz CT molecular complexity index is 976. The third-order valence-corrected chi connectivity index (χ3v) is 5.43. The lowest BCUT2D eigenvalue weighted by atomic mass is 10.2. The summed E-state index contributed by atoms with van der Waals surface area (Å²) in [5, 5.41) is 0. The SMILES string of the molecule is CSc1nc2cc(F)c(Cn3cnc4cccnc43)cc2s1. The number of rotatable bonds is 3. The zero-order valence-corrected chi connectivity index (χ0v) is 13.3. The first-order valence-corrected chi connectivity index (χ1v) is 8.67. The molecular formula is C15H11FN4S2. The molecule has 7 heteroatoms. The molecule has 22 heavy (non-hydrogen) atoms. The molecule has 0 aliphatic rings. The largest absolute Gasteiger partial charge is 0.311 e. The summed E-state index contributed by atoms with van der Waals surface area (Å²) in [4.78, 5) is 13.0. The van der Waals surface area contributed by atoms with Crippen LogP contribution in [0.4, 0.5) is 4.39 Å². The summed E-state index contributed by atoms with van der Waals surface area (Å²) in [7, 11) is 0. The van der Waals surface area contributed by atoms with Crippen molar-refractivity contribution in [1.29, 1.82) is 0 Å². The topological polar surface area (TPSA) is 43.6 Å². The standard InChI is InChI=1S/C15H11FN4S2/c1-21-15-19-12-6-10(16)9(5-13(12)22-15)7-20-8-18-11-3-2-4-17-14(11)20/h2-6,8H,7H2,1H3. The monoisotopic (exact) mass is 330 g/mol. The summed E-state index contributed by atoms with van der Waals surface area (Å²) < 4.78 is 18.1. The van der Waals surface area contributed by atoms with Gasteiger partial charge in [-0.1, -0.05) is 11.8 Å². The number of hydrogen-bond donors (Lipinski definition) is 0. The van der Waals surface area contributed by atoms with Gasteiger partial charge in [0.25, 0.3) is 0 Å². The van der Waals surface area contributed by atoms with Crippen LogP contribution in [-0.2, 0) is 6.54 Å². The predicted octanol–water partition coefficient (Wildman–Crippen LogP) is 3.95. The molecular weight excluding hydrogens is 319 g/mol. The molecule has 0 atom stereocenters. The highest BCUT2D eigenvalue weighted by Gasteiger charge is 2.11. The predicted molar refractivity (Wildman–Crippen MR) is 88.0 cm³/mol. The number of thioether (sulfide) groups is 1. The molecule has 4 rings (SSSR count). The third-order valence-electron chi connectivity index (χ3n) is 3.43. The number of halogens is 1. The van der Waals surface area contributed by atoms with Crippen LogP contribution in [0.15, 0.2) is 41.1 Å². The molecule has 110 valence electrons. The fourth-order valence-electron chi connectivity index (χ4n) is 2.37. The number of thiazole rings is 1. The summed E-state index contributed by atoms with van der Waals surface area (Å²) in [5.41, 5.74) is 2.90. The van der Waals surface area contributed by atoms with E-state index in [4.69, 9.17) is 0 Å². The van der Waals surface area contributed by atoms with Crippen molar-refractivity contribution in [2.45, 2.75) is 10.9 Å². The molecule has 3 heterocycles. The highest BCUT2D eigenvalue weighted by atomic mass is 32.2. The van der Waals surface area contributed by atoms with Gasteiger partial charge in [-0.25, -0.2) is 19.3 Å². The Morgan fingerprint density at radius 3 is 3.05 bits per heavy atom. The van der Waals surface area contributed by atoms with E-state index < -0.39 is 0 Å². The Labute approximate surface area is 134 Å². The number of fused-ring (bicyclic) bond motifs is 2. The molecule has 0 unspecified atom stereocenters. The van der Waals surface area contributed by atoms with Crippen LogP contribution in [0.1, 0.15) is 5.56 Å². The lowest BCUT2D eigenvalue weighted by Crippen LogP contribution is -2.01. The van der Waals surface area contributed by atoms with E-state index in [1.807, 2.05) is 29.0 Å². The molecule has 0 saturated heterocycles. The molecule has 0 N–H and O–H groups in total. The van der Waals surface area contributed by atoms with Crippen molar-refractivity contribution < 1.29 is 4.39 Å². The summed E-state index contributed by atoms with van der Waals surface area (Å²) in [6, 6.07) is 7.12. The minimum absolute atomic E-state index is 0.247. The first kappa shape index (κ1) is 13.7. The average molecular weight is 330 g/mol. The van der Waals surface area contributed by atoms with Crippen molar-refractivity contribution in [2.75, 3.05) is 6.26 Å². The van der Waals surface area contributed by atoms with Crippen molar-refractivity contribution in [3.8, 4) is 0 Å². The maximum absolute atomic E-state index is 14.3. The molecule has 0 aliphatic heterocycles. The van der Waals surface area contributed by atoms with Crippen molar-refractivity contribution in [3.05, 3.63) is 48.2 Å². The second-order valence-corrected chi connectivity index (χ2v) is 6.90. The summed E-state index contributed by atoms with van der Waals surface area (Å²) in [6.45, 7) is 0.405. The van der Waals surface area contributed by atoms with E-state index in [9.17, 15) is 4.39 Å². The van der Waals surface area contributed by atoms with E-state index in [1.54, 1.807) is 35.6 Å². The number of aromatic nitrogens is 4. The van der Waals surface area contributed by atoms with Gasteiger partial charge in [0.15, 0.2) is 9.99 Å². The van der Waals surface area contributed by atoms with E-state index in [0.717, 1.165) is 20.2 Å². The summed E-state index contributed by atoms with van der Waals surface area (Å²) >= 11 is 3.15. The second kappa shape index (κ2) is 5.33. The number of imidazole rings is 1. The van der Waals surface area contributed by atoms with Gasteiger partial charge >= 0.3 is 0 Å². The van der Waals surface area contributed by atoms with Gasteiger partial charge in [-0.3, -0.25) is 0 Å². The van der Waals surface area contributed by atoms with Gasteiger partial charge in [-0.05, 0) is 24.5 Å². The molecule has 4 nitrogen and oxygen atoms in total. The zero-order chi connectivity index (χ0) is 15.1. The lowest BCUT2D eigenvalue weighted by molar-refractivity contribution is 0.603. The van der Waals surface area contributed by atoms with Gasteiger partial charge in [0.1, 0.15) is 11.3 Å². The fraction of sp³-hybridized carbons (Fsp3) is 0.133. The highest BCUT2D eigenvalue weighted by molar-refractivity contribution is 8.00. The highest BCUT2D eigenvalue weighted by Crippen LogP contribution is 2.30. The van der Waals surface area contributed by atoms with Gasteiger partial charge < -0.3 is 4.57 Å². The molecule has 0 bridgehead atoms. The summed E-state index contributed by atoms with van der Waals surface area (Å²) in [5.74, 6) is -0.247. The van der Waals surface area contributed by atoms with E-state index >= 15 is 0 Å². The first-order valence-electron chi connectivity index (χ1n) is 6.63. The minimum Gasteiger partial charge on any atom is -0.311 e. The van der Waals surface area contributed by atoms with Crippen molar-refractivity contribution in [2.24, 2.45) is 0 Å². The van der Waals surface area contributed by atoms with E-state index in [2.05, 4.69) is 15.0 Å². The molecule has 4 aromatic rings. The molecule has 0 fully saturated rings. The van der Waals surface area contributed by atoms with Crippen LogP contribution in [0, 0.1) is 5.82 Å².